The Morgan fingerprint density at radius 1 is 1.20 bits per heavy atom. The van der Waals surface area contributed by atoms with Gasteiger partial charge in [0.1, 0.15) is 5.02 Å². The van der Waals surface area contributed by atoms with Gasteiger partial charge >= 0.3 is 0 Å². The quantitative estimate of drug-likeness (QED) is 0.651. The van der Waals surface area contributed by atoms with Crippen molar-refractivity contribution < 1.29 is 5.11 Å². The smallest absolute Gasteiger partial charge is 0.227 e. The Bertz CT molecular complexity index is 935. The van der Waals surface area contributed by atoms with E-state index in [0.717, 1.165) is 50.4 Å². The van der Waals surface area contributed by atoms with Gasteiger partial charge in [0, 0.05) is 41.6 Å². The van der Waals surface area contributed by atoms with Gasteiger partial charge in [0.05, 0.1) is 18.3 Å². The molecule has 30 heavy (non-hydrogen) atoms. The monoisotopic (exact) mass is 469 g/mol. The summed E-state index contributed by atoms with van der Waals surface area (Å²) in [6.07, 6.45) is 1.15. The molecule has 0 bridgehead atoms. The third kappa shape index (κ3) is 4.34. The summed E-state index contributed by atoms with van der Waals surface area (Å²) in [5.41, 5.74) is 1.95. The van der Waals surface area contributed by atoms with Gasteiger partial charge in [0.2, 0.25) is 5.95 Å². The van der Waals surface area contributed by atoms with E-state index in [1.165, 1.54) is 0 Å². The molecule has 4 rings (SSSR count). The van der Waals surface area contributed by atoms with Gasteiger partial charge in [0.25, 0.3) is 0 Å². The van der Waals surface area contributed by atoms with Gasteiger partial charge in [-0.2, -0.15) is 4.98 Å². The van der Waals surface area contributed by atoms with Crippen molar-refractivity contribution in [2.24, 2.45) is 5.41 Å². The number of nitrogens with zero attached hydrogens (tertiary/aromatic N) is 4. The molecular weight excluding hydrogens is 445 g/mol. The number of β-amino-alcohol motifs (C(OH)–C–C–N with tert-alkyl or cyclic N) is 1. The number of aliphatic hydroxyl groups is 1. The Kier molecular flexibility index (Phi) is 6.33. The van der Waals surface area contributed by atoms with Crippen LogP contribution >= 0.6 is 34.8 Å². The van der Waals surface area contributed by atoms with Gasteiger partial charge in [-0.25, -0.2) is 4.98 Å². The van der Waals surface area contributed by atoms with Crippen LogP contribution in [0.4, 0.5) is 11.8 Å². The molecule has 2 saturated heterocycles. The lowest BCUT2D eigenvalue weighted by atomic mass is 9.79. The second kappa shape index (κ2) is 8.67. The van der Waals surface area contributed by atoms with Crippen molar-refractivity contribution in [3.05, 3.63) is 44.5 Å². The maximum absolute atomic E-state index is 9.18. The third-order valence-corrected chi connectivity index (χ3v) is 7.07. The second-order valence-electron chi connectivity index (χ2n) is 8.41. The van der Waals surface area contributed by atoms with Crippen LogP contribution in [0.1, 0.15) is 30.6 Å². The third-order valence-electron chi connectivity index (χ3n) is 6.06. The molecule has 0 aliphatic carbocycles. The minimum atomic E-state index is -0.0981. The van der Waals surface area contributed by atoms with Gasteiger partial charge in [-0.15, -0.1) is 0 Å². The van der Waals surface area contributed by atoms with E-state index >= 15 is 0 Å². The summed E-state index contributed by atoms with van der Waals surface area (Å²) in [6.45, 7) is 8.78. The van der Waals surface area contributed by atoms with Crippen LogP contribution < -0.4 is 10.2 Å². The predicted molar refractivity (Wildman–Crippen MR) is 123 cm³/mol. The minimum absolute atomic E-state index is 0.0981. The highest BCUT2D eigenvalue weighted by Crippen LogP contribution is 2.41. The number of likely N-dealkylation sites (tertiary alicyclic amines) is 1. The summed E-state index contributed by atoms with van der Waals surface area (Å²) in [4.78, 5) is 13.9. The molecule has 2 fully saturated rings. The van der Waals surface area contributed by atoms with Crippen LogP contribution in [-0.4, -0.2) is 59.3 Å². The molecule has 0 amide bonds. The van der Waals surface area contributed by atoms with Crippen LogP contribution in [0.2, 0.25) is 15.1 Å². The maximum Gasteiger partial charge on any atom is 0.227 e. The van der Waals surface area contributed by atoms with E-state index in [-0.39, 0.29) is 18.1 Å². The topological polar surface area (TPSA) is 64.5 Å². The highest BCUT2D eigenvalue weighted by Gasteiger charge is 2.48. The Balaban J connectivity index is 1.48. The van der Waals surface area contributed by atoms with E-state index in [2.05, 4.69) is 20.1 Å². The van der Waals surface area contributed by atoms with Crippen molar-refractivity contribution in [1.29, 1.82) is 0 Å². The molecule has 6 nitrogen and oxygen atoms in total. The van der Waals surface area contributed by atoms with Gasteiger partial charge in [-0.05, 0) is 44.5 Å². The summed E-state index contributed by atoms with van der Waals surface area (Å²) >= 11 is 18.9. The summed E-state index contributed by atoms with van der Waals surface area (Å²) in [5, 5.41) is 14.3. The number of hydrogen-bond donors (Lipinski definition) is 2. The molecule has 2 aliphatic rings. The number of hydrogen-bond acceptors (Lipinski definition) is 6. The first kappa shape index (κ1) is 21.9. The van der Waals surface area contributed by atoms with E-state index < -0.39 is 0 Å². The van der Waals surface area contributed by atoms with Crippen LogP contribution in [0.3, 0.4) is 0 Å². The zero-order valence-electron chi connectivity index (χ0n) is 17.1. The molecule has 3 heterocycles. The second-order valence-corrected chi connectivity index (χ2v) is 9.63. The number of aliphatic hydroxyl groups excluding tert-OH is 1. The molecule has 162 valence electrons. The first-order valence-electron chi connectivity index (χ1n) is 10.1. The molecule has 2 aliphatic heterocycles. The molecule has 2 aromatic rings. The highest BCUT2D eigenvalue weighted by molar-refractivity contribution is 6.35. The van der Waals surface area contributed by atoms with Gasteiger partial charge in [-0.1, -0.05) is 40.9 Å². The van der Waals surface area contributed by atoms with Crippen molar-refractivity contribution in [3.63, 3.8) is 0 Å². The molecule has 0 saturated carbocycles. The van der Waals surface area contributed by atoms with Crippen molar-refractivity contribution in [2.75, 3.05) is 49.5 Å². The number of nitrogens with one attached hydrogen (secondary N) is 1. The summed E-state index contributed by atoms with van der Waals surface area (Å²) in [6, 6.07) is 5.36. The highest BCUT2D eigenvalue weighted by atomic mass is 35.5. The molecular formula is C21H26Cl3N5O. The van der Waals surface area contributed by atoms with E-state index in [4.69, 9.17) is 39.8 Å². The number of aryl methyl sites for hydroxylation is 1. The largest absolute Gasteiger partial charge is 0.395 e. The normalized spacial score (nSPS) is 19.2. The fourth-order valence-electron chi connectivity index (χ4n) is 4.44. The van der Waals surface area contributed by atoms with E-state index in [1.807, 2.05) is 26.0 Å². The van der Waals surface area contributed by atoms with Crippen LogP contribution in [0, 0.1) is 12.3 Å². The van der Waals surface area contributed by atoms with Crippen molar-refractivity contribution >= 4 is 46.6 Å². The average molecular weight is 471 g/mol. The van der Waals surface area contributed by atoms with Crippen LogP contribution in [0.25, 0.3) is 0 Å². The molecule has 2 N–H and O–H groups in total. The van der Waals surface area contributed by atoms with E-state index in [0.29, 0.717) is 26.8 Å². The van der Waals surface area contributed by atoms with Gasteiger partial charge < -0.3 is 20.2 Å². The van der Waals surface area contributed by atoms with Crippen molar-refractivity contribution in [1.82, 2.24) is 14.9 Å². The fourth-order valence-corrected chi connectivity index (χ4v) is 5.15. The zero-order valence-corrected chi connectivity index (χ0v) is 19.4. The van der Waals surface area contributed by atoms with Crippen molar-refractivity contribution in [2.45, 2.75) is 26.3 Å². The fraction of sp³-hybridized carbons (Fsp3) is 0.524. The Hall–Kier alpha value is -1.31. The van der Waals surface area contributed by atoms with Gasteiger partial charge in [0.15, 0.2) is 5.82 Å². The van der Waals surface area contributed by atoms with Gasteiger partial charge in [-0.3, -0.25) is 0 Å². The van der Waals surface area contributed by atoms with E-state index in [9.17, 15) is 5.11 Å². The predicted octanol–water partition coefficient (Wildman–Crippen LogP) is 4.42. The van der Waals surface area contributed by atoms with Crippen LogP contribution in [-0.2, 0) is 0 Å². The first-order valence-corrected chi connectivity index (χ1v) is 11.3. The summed E-state index contributed by atoms with van der Waals surface area (Å²) in [5.74, 6) is 1.30. The Labute approximate surface area is 192 Å². The standard InChI is InChI=1S/C21H26Cl3N5O/c1-13(16-4-3-15(22)9-17(16)23)25-19-18(24)14(2)26-20(27-19)29-11-21(12-29)5-6-28(10-21)7-8-30/h3-4,9,13,30H,5-8,10-12H2,1-2H3,(H,25,26,27)/t13-/m1/s1. The number of rotatable bonds is 6. The Morgan fingerprint density at radius 3 is 2.67 bits per heavy atom. The molecule has 1 aromatic carbocycles. The van der Waals surface area contributed by atoms with Crippen LogP contribution in [0.15, 0.2) is 18.2 Å². The summed E-state index contributed by atoms with van der Waals surface area (Å²) in [7, 11) is 0. The minimum Gasteiger partial charge on any atom is -0.395 e. The lowest BCUT2D eigenvalue weighted by Crippen LogP contribution is -2.58. The lowest BCUT2D eigenvalue weighted by molar-refractivity contribution is 0.177. The number of anilines is 2. The molecule has 1 spiro atoms. The summed E-state index contributed by atoms with van der Waals surface area (Å²) < 4.78 is 0. The Morgan fingerprint density at radius 2 is 1.97 bits per heavy atom. The van der Waals surface area contributed by atoms with Crippen LogP contribution in [0.5, 0.6) is 0 Å². The molecule has 9 heteroatoms. The SMILES string of the molecule is Cc1nc(N2CC3(CCN(CCO)C3)C2)nc(N[C@H](C)c2ccc(Cl)cc2Cl)c1Cl. The molecule has 1 aromatic heterocycles. The number of benzene rings is 1. The molecule has 1 atom stereocenters. The number of halogens is 3. The lowest BCUT2D eigenvalue weighted by Gasteiger charge is -2.48. The zero-order chi connectivity index (χ0) is 21.5. The number of aromatic nitrogens is 2. The first-order chi connectivity index (χ1) is 14.3. The molecule has 0 radical (unpaired) electrons. The van der Waals surface area contributed by atoms with Crippen molar-refractivity contribution in [3.8, 4) is 0 Å². The molecule has 0 unspecified atom stereocenters. The van der Waals surface area contributed by atoms with E-state index in [1.54, 1.807) is 6.07 Å². The average Bonchev–Trinajstić information content (AvgIpc) is 3.08. The maximum atomic E-state index is 9.18.